The SMILES string of the molecule is CCc1ccc(C)cc1C1(CN)CCC1. The van der Waals surface area contributed by atoms with Crippen molar-refractivity contribution in [3.8, 4) is 0 Å². The minimum atomic E-state index is 0.317. The maximum absolute atomic E-state index is 5.97. The maximum Gasteiger partial charge on any atom is 0.00784 e. The molecular weight excluding hydrogens is 182 g/mol. The van der Waals surface area contributed by atoms with Gasteiger partial charge in [0, 0.05) is 12.0 Å². The van der Waals surface area contributed by atoms with Gasteiger partial charge >= 0.3 is 0 Å². The smallest absolute Gasteiger partial charge is 0.00784 e. The third-order valence-corrected chi connectivity index (χ3v) is 3.92. The van der Waals surface area contributed by atoms with E-state index in [2.05, 4.69) is 32.0 Å². The second kappa shape index (κ2) is 3.97. The molecule has 0 spiro atoms. The van der Waals surface area contributed by atoms with Gasteiger partial charge in [0.05, 0.1) is 0 Å². The first-order valence-corrected chi connectivity index (χ1v) is 6.02. The fraction of sp³-hybridized carbons (Fsp3) is 0.571. The summed E-state index contributed by atoms with van der Waals surface area (Å²) in [5.74, 6) is 0. The van der Waals surface area contributed by atoms with Gasteiger partial charge in [-0.1, -0.05) is 37.1 Å². The molecule has 15 heavy (non-hydrogen) atoms. The first-order valence-electron chi connectivity index (χ1n) is 6.02. The first kappa shape index (κ1) is 10.7. The van der Waals surface area contributed by atoms with Crippen molar-refractivity contribution in [3.05, 3.63) is 34.9 Å². The standard InChI is InChI=1S/C14H21N/c1-3-12-6-5-11(2)9-13(12)14(10-15)7-4-8-14/h5-6,9H,3-4,7-8,10,15H2,1-2H3. The van der Waals surface area contributed by atoms with Crippen molar-refractivity contribution in [2.75, 3.05) is 6.54 Å². The molecule has 0 radical (unpaired) electrons. The molecule has 0 unspecified atom stereocenters. The van der Waals surface area contributed by atoms with Gasteiger partial charge in [-0.05, 0) is 37.3 Å². The predicted molar refractivity (Wildman–Crippen MR) is 65.1 cm³/mol. The van der Waals surface area contributed by atoms with E-state index in [1.165, 1.54) is 36.0 Å². The Balaban J connectivity index is 2.44. The molecule has 0 saturated heterocycles. The Morgan fingerprint density at radius 2 is 2.07 bits per heavy atom. The van der Waals surface area contributed by atoms with E-state index in [1.807, 2.05) is 0 Å². The summed E-state index contributed by atoms with van der Waals surface area (Å²) in [5, 5.41) is 0. The summed E-state index contributed by atoms with van der Waals surface area (Å²) >= 11 is 0. The van der Waals surface area contributed by atoms with Crippen LogP contribution in [0, 0.1) is 6.92 Å². The molecule has 0 amide bonds. The lowest BCUT2D eigenvalue weighted by Gasteiger charge is -2.43. The number of rotatable bonds is 3. The van der Waals surface area contributed by atoms with Crippen LogP contribution in [-0.2, 0) is 11.8 Å². The summed E-state index contributed by atoms with van der Waals surface area (Å²) in [7, 11) is 0. The molecule has 2 rings (SSSR count). The number of aryl methyl sites for hydroxylation is 2. The van der Waals surface area contributed by atoms with Gasteiger partial charge in [-0.2, -0.15) is 0 Å². The van der Waals surface area contributed by atoms with E-state index in [0.717, 1.165) is 13.0 Å². The number of hydrogen-bond donors (Lipinski definition) is 1. The molecule has 1 aliphatic carbocycles. The van der Waals surface area contributed by atoms with E-state index in [9.17, 15) is 0 Å². The fourth-order valence-electron chi connectivity index (χ4n) is 2.68. The molecule has 0 aliphatic heterocycles. The normalized spacial score (nSPS) is 18.6. The maximum atomic E-state index is 5.97. The lowest BCUT2D eigenvalue weighted by molar-refractivity contribution is 0.251. The van der Waals surface area contributed by atoms with Crippen LogP contribution in [0.2, 0.25) is 0 Å². The van der Waals surface area contributed by atoms with Gasteiger partial charge < -0.3 is 5.73 Å². The Bertz CT molecular complexity index is 345. The second-order valence-corrected chi connectivity index (χ2v) is 4.85. The van der Waals surface area contributed by atoms with Gasteiger partial charge in [-0.25, -0.2) is 0 Å². The van der Waals surface area contributed by atoms with E-state index in [0.29, 0.717) is 5.41 Å². The second-order valence-electron chi connectivity index (χ2n) is 4.85. The Hall–Kier alpha value is -0.820. The third-order valence-electron chi connectivity index (χ3n) is 3.92. The van der Waals surface area contributed by atoms with Crippen molar-refractivity contribution in [2.24, 2.45) is 5.73 Å². The summed E-state index contributed by atoms with van der Waals surface area (Å²) < 4.78 is 0. The highest BCUT2D eigenvalue weighted by Crippen LogP contribution is 2.44. The van der Waals surface area contributed by atoms with Gasteiger partial charge in [0.1, 0.15) is 0 Å². The number of benzene rings is 1. The summed E-state index contributed by atoms with van der Waals surface area (Å²) in [5.41, 5.74) is 10.7. The molecule has 1 aromatic carbocycles. The van der Waals surface area contributed by atoms with Crippen LogP contribution in [0.25, 0.3) is 0 Å². The molecule has 82 valence electrons. The highest BCUT2D eigenvalue weighted by Gasteiger charge is 2.38. The van der Waals surface area contributed by atoms with Crippen LogP contribution in [-0.4, -0.2) is 6.54 Å². The van der Waals surface area contributed by atoms with Gasteiger partial charge in [0.25, 0.3) is 0 Å². The molecule has 0 bridgehead atoms. The van der Waals surface area contributed by atoms with Crippen molar-refractivity contribution in [2.45, 2.75) is 44.9 Å². The van der Waals surface area contributed by atoms with E-state index in [1.54, 1.807) is 0 Å². The number of nitrogens with two attached hydrogens (primary N) is 1. The van der Waals surface area contributed by atoms with E-state index in [-0.39, 0.29) is 0 Å². The molecule has 2 N–H and O–H groups in total. The van der Waals surface area contributed by atoms with Gasteiger partial charge in [0.15, 0.2) is 0 Å². The zero-order valence-corrected chi connectivity index (χ0v) is 9.84. The zero-order valence-electron chi connectivity index (χ0n) is 9.84. The first-order chi connectivity index (χ1) is 7.22. The van der Waals surface area contributed by atoms with Crippen LogP contribution in [0.4, 0.5) is 0 Å². The summed E-state index contributed by atoms with van der Waals surface area (Å²) in [6.45, 7) is 5.21. The fourth-order valence-corrected chi connectivity index (χ4v) is 2.68. The zero-order chi connectivity index (χ0) is 10.9. The lowest BCUT2D eigenvalue weighted by atomic mass is 9.63. The Morgan fingerprint density at radius 1 is 1.33 bits per heavy atom. The van der Waals surface area contributed by atoms with E-state index >= 15 is 0 Å². The highest BCUT2D eigenvalue weighted by molar-refractivity contribution is 5.39. The quantitative estimate of drug-likeness (QED) is 0.803. The van der Waals surface area contributed by atoms with Gasteiger partial charge in [-0.15, -0.1) is 0 Å². The topological polar surface area (TPSA) is 26.0 Å². The molecule has 1 nitrogen and oxygen atoms in total. The molecule has 1 heteroatoms. The molecule has 1 aromatic rings. The van der Waals surface area contributed by atoms with Crippen LogP contribution in [0.15, 0.2) is 18.2 Å². The van der Waals surface area contributed by atoms with Crippen LogP contribution >= 0.6 is 0 Å². The third kappa shape index (κ3) is 1.69. The molecule has 1 aliphatic rings. The highest BCUT2D eigenvalue weighted by atomic mass is 14.6. The van der Waals surface area contributed by atoms with Crippen LogP contribution in [0.3, 0.4) is 0 Å². The average molecular weight is 203 g/mol. The number of hydrogen-bond acceptors (Lipinski definition) is 1. The van der Waals surface area contributed by atoms with Crippen LogP contribution < -0.4 is 5.73 Å². The molecule has 1 fully saturated rings. The van der Waals surface area contributed by atoms with Crippen LogP contribution in [0.5, 0.6) is 0 Å². The molecule has 0 atom stereocenters. The monoisotopic (exact) mass is 203 g/mol. The molecule has 1 saturated carbocycles. The molecular formula is C14H21N. The van der Waals surface area contributed by atoms with Gasteiger partial charge in [0.2, 0.25) is 0 Å². The summed E-state index contributed by atoms with van der Waals surface area (Å²) in [4.78, 5) is 0. The van der Waals surface area contributed by atoms with Gasteiger partial charge in [-0.3, -0.25) is 0 Å². The summed E-state index contributed by atoms with van der Waals surface area (Å²) in [6.07, 6.45) is 5.02. The van der Waals surface area contributed by atoms with Crippen LogP contribution in [0.1, 0.15) is 42.9 Å². The van der Waals surface area contributed by atoms with E-state index in [4.69, 9.17) is 5.73 Å². The lowest BCUT2D eigenvalue weighted by Crippen LogP contribution is -2.42. The average Bonchev–Trinajstić information content (AvgIpc) is 2.17. The van der Waals surface area contributed by atoms with E-state index < -0.39 is 0 Å². The van der Waals surface area contributed by atoms with Crippen molar-refractivity contribution in [1.29, 1.82) is 0 Å². The van der Waals surface area contributed by atoms with Crippen molar-refractivity contribution in [3.63, 3.8) is 0 Å². The Labute approximate surface area is 92.7 Å². The minimum Gasteiger partial charge on any atom is -0.330 e. The van der Waals surface area contributed by atoms with Crippen molar-refractivity contribution in [1.82, 2.24) is 0 Å². The van der Waals surface area contributed by atoms with Crippen molar-refractivity contribution >= 4 is 0 Å². The minimum absolute atomic E-state index is 0.317. The molecule has 0 aromatic heterocycles. The van der Waals surface area contributed by atoms with Crippen molar-refractivity contribution < 1.29 is 0 Å². The summed E-state index contributed by atoms with van der Waals surface area (Å²) in [6, 6.07) is 6.84. The Kier molecular flexibility index (Phi) is 2.83. The largest absolute Gasteiger partial charge is 0.330 e. The Morgan fingerprint density at radius 3 is 2.53 bits per heavy atom. The molecule has 0 heterocycles. The predicted octanol–water partition coefficient (Wildman–Crippen LogP) is 2.94.